The second-order valence-electron chi connectivity index (χ2n) is 3.55. The molecule has 5 nitrogen and oxygen atoms in total. The molecule has 5 heteroatoms. The number of aromatic nitrogens is 2. The predicted molar refractivity (Wildman–Crippen MR) is 56.5 cm³/mol. The van der Waals surface area contributed by atoms with Crippen molar-refractivity contribution < 1.29 is 9.26 Å². The number of hydrogen-bond acceptors (Lipinski definition) is 5. The average Bonchev–Trinajstić information content (AvgIpc) is 2.66. The summed E-state index contributed by atoms with van der Waals surface area (Å²) in [6, 6.07) is 0.354. The van der Waals surface area contributed by atoms with E-state index in [4.69, 9.17) is 9.26 Å². The van der Waals surface area contributed by atoms with Crippen molar-refractivity contribution in [3.63, 3.8) is 0 Å². The van der Waals surface area contributed by atoms with E-state index in [0.717, 1.165) is 25.3 Å². The van der Waals surface area contributed by atoms with Crippen molar-refractivity contribution >= 4 is 0 Å². The van der Waals surface area contributed by atoms with Gasteiger partial charge in [-0.05, 0) is 20.4 Å². The third kappa shape index (κ3) is 4.40. The van der Waals surface area contributed by atoms with Gasteiger partial charge in [0.25, 0.3) is 5.89 Å². The van der Waals surface area contributed by atoms with E-state index < -0.39 is 0 Å². The van der Waals surface area contributed by atoms with Crippen LogP contribution in [0, 0.1) is 0 Å². The summed E-state index contributed by atoms with van der Waals surface area (Å²) in [6.07, 6.45) is 1.77. The summed E-state index contributed by atoms with van der Waals surface area (Å²) in [5, 5.41) is 7.00. The molecule has 0 amide bonds. The second kappa shape index (κ2) is 6.53. The Labute approximate surface area is 90.2 Å². The van der Waals surface area contributed by atoms with Crippen LogP contribution in [0.15, 0.2) is 4.52 Å². The topological polar surface area (TPSA) is 60.2 Å². The molecule has 0 aliphatic rings. The molecule has 1 heterocycles. The molecule has 0 aliphatic carbocycles. The molecule has 0 saturated heterocycles. The summed E-state index contributed by atoms with van der Waals surface area (Å²) in [4.78, 5) is 4.23. The quantitative estimate of drug-likeness (QED) is 0.688. The summed E-state index contributed by atoms with van der Waals surface area (Å²) in [6.45, 7) is 5.27. The van der Waals surface area contributed by atoms with Crippen molar-refractivity contribution in [3.8, 4) is 0 Å². The highest BCUT2D eigenvalue weighted by Gasteiger charge is 2.08. The molecule has 1 unspecified atom stereocenters. The lowest BCUT2D eigenvalue weighted by Crippen LogP contribution is -2.24. The van der Waals surface area contributed by atoms with Gasteiger partial charge in [0.1, 0.15) is 6.61 Å². The monoisotopic (exact) mass is 213 g/mol. The summed E-state index contributed by atoms with van der Waals surface area (Å²) in [5.41, 5.74) is 0. The maximum Gasteiger partial charge on any atom is 0.252 e. The van der Waals surface area contributed by atoms with Gasteiger partial charge in [-0.3, -0.25) is 0 Å². The molecule has 0 fully saturated rings. The smallest absolute Gasteiger partial charge is 0.252 e. The molecule has 1 aromatic rings. The Morgan fingerprint density at radius 2 is 2.33 bits per heavy atom. The summed E-state index contributed by atoms with van der Waals surface area (Å²) in [5.74, 6) is 1.29. The van der Waals surface area contributed by atoms with Gasteiger partial charge in [0.15, 0.2) is 5.82 Å². The Morgan fingerprint density at radius 3 is 3.00 bits per heavy atom. The Kier molecular flexibility index (Phi) is 5.28. The van der Waals surface area contributed by atoms with Gasteiger partial charge >= 0.3 is 0 Å². The van der Waals surface area contributed by atoms with Gasteiger partial charge in [0, 0.05) is 19.1 Å². The summed E-state index contributed by atoms with van der Waals surface area (Å²) >= 11 is 0. The lowest BCUT2D eigenvalue weighted by atomic mass is 10.2. The first-order chi connectivity index (χ1) is 7.26. The van der Waals surface area contributed by atoms with Crippen molar-refractivity contribution in [2.45, 2.75) is 39.3 Å². The second-order valence-corrected chi connectivity index (χ2v) is 3.55. The first kappa shape index (κ1) is 12.1. The lowest BCUT2D eigenvalue weighted by Gasteiger charge is -2.04. The standard InChI is InChI=1S/C10H19N3O2/c1-4-5-14-7-10-12-9(13-15-10)6-8(2)11-3/h8,11H,4-7H2,1-3H3. The first-order valence-electron chi connectivity index (χ1n) is 5.32. The average molecular weight is 213 g/mol. The van der Waals surface area contributed by atoms with Crippen molar-refractivity contribution in [1.82, 2.24) is 15.5 Å². The molecule has 0 spiro atoms. The minimum Gasteiger partial charge on any atom is -0.372 e. The molecule has 0 aliphatic heterocycles. The minimum atomic E-state index is 0.354. The Hall–Kier alpha value is -0.940. The van der Waals surface area contributed by atoms with E-state index in [-0.39, 0.29) is 0 Å². The van der Waals surface area contributed by atoms with E-state index >= 15 is 0 Å². The molecule has 0 radical (unpaired) electrons. The largest absolute Gasteiger partial charge is 0.372 e. The number of nitrogens with one attached hydrogen (secondary N) is 1. The lowest BCUT2D eigenvalue weighted by molar-refractivity contribution is 0.0981. The SMILES string of the molecule is CCCOCc1nc(CC(C)NC)no1. The zero-order valence-electron chi connectivity index (χ0n) is 9.62. The highest BCUT2D eigenvalue weighted by molar-refractivity contribution is 4.88. The van der Waals surface area contributed by atoms with Crippen LogP contribution in [-0.2, 0) is 17.8 Å². The molecule has 1 rings (SSSR count). The summed E-state index contributed by atoms with van der Waals surface area (Å²) < 4.78 is 10.3. The van der Waals surface area contributed by atoms with Crippen molar-refractivity contribution in [1.29, 1.82) is 0 Å². The van der Waals surface area contributed by atoms with Crippen LogP contribution in [0.25, 0.3) is 0 Å². The molecule has 15 heavy (non-hydrogen) atoms. The molecular formula is C10H19N3O2. The van der Waals surface area contributed by atoms with E-state index in [1.165, 1.54) is 0 Å². The van der Waals surface area contributed by atoms with E-state index in [0.29, 0.717) is 18.5 Å². The van der Waals surface area contributed by atoms with Gasteiger partial charge in [0.05, 0.1) is 0 Å². The predicted octanol–water partition coefficient (Wildman–Crippen LogP) is 1.15. The van der Waals surface area contributed by atoms with Crippen LogP contribution in [0.3, 0.4) is 0 Å². The van der Waals surface area contributed by atoms with Gasteiger partial charge in [-0.15, -0.1) is 0 Å². The fraction of sp³-hybridized carbons (Fsp3) is 0.800. The van der Waals surface area contributed by atoms with E-state index in [1.807, 2.05) is 7.05 Å². The van der Waals surface area contributed by atoms with E-state index in [2.05, 4.69) is 29.3 Å². The van der Waals surface area contributed by atoms with Crippen LogP contribution in [0.2, 0.25) is 0 Å². The number of ether oxygens (including phenoxy) is 1. The molecule has 0 aromatic carbocycles. The van der Waals surface area contributed by atoms with Crippen molar-refractivity contribution in [3.05, 3.63) is 11.7 Å². The van der Waals surface area contributed by atoms with Crippen LogP contribution in [-0.4, -0.2) is 29.8 Å². The van der Waals surface area contributed by atoms with Gasteiger partial charge in [-0.2, -0.15) is 4.98 Å². The molecule has 1 aromatic heterocycles. The first-order valence-corrected chi connectivity index (χ1v) is 5.32. The molecule has 86 valence electrons. The van der Waals surface area contributed by atoms with Gasteiger partial charge in [0.2, 0.25) is 0 Å². The number of likely N-dealkylation sites (N-methyl/N-ethyl adjacent to an activating group) is 1. The third-order valence-electron chi connectivity index (χ3n) is 2.07. The van der Waals surface area contributed by atoms with Crippen molar-refractivity contribution in [2.75, 3.05) is 13.7 Å². The van der Waals surface area contributed by atoms with Gasteiger partial charge in [-0.1, -0.05) is 12.1 Å². The molecule has 1 atom stereocenters. The van der Waals surface area contributed by atoms with E-state index in [1.54, 1.807) is 0 Å². The Bertz CT molecular complexity index is 275. The number of nitrogens with zero attached hydrogens (tertiary/aromatic N) is 2. The highest BCUT2D eigenvalue weighted by atomic mass is 16.5. The zero-order chi connectivity index (χ0) is 11.1. The van der Waals surface area contributed by atoms with Crippen molar-refractivity contribution in [2.24, 2.45) is 0 Å². The van der Waals surface area contributed by atoms with Gasteiger partial charge in [-0.25, -0.2) is 0 Å². The molecule has 0 bridgehead atoms. The Balaban J connectivity index is 2.35. The number of rotatable bonds is 7. The van der Waals surface area contributed by atoms with E-state index in [9.17, 15) is 0 Å². The number of hydrogen-bond donors (Lipinski definition) is 1. The highest BCUT2D eigenvalue weighted by Crippen LogP contribution is 2.02. The van der Waals surface area contributed by atoms with Crippen LogP contribution < -0.4 is 5.32 Å². The van der Waals surface area contributed by atoms with Crippen LogP contribution in [0.4, 0.5) is 0 Å². The normalized spacial score (nSPS) is 13.0. The fourth-order valence-electron chi connectivity index (χ4n) is 1.11. The van der Waals surface area contributed by atoms with Gasteiger partial charge < -0.3 is 14.6 Å². The maximum absolute atomic E-state index is 5.30. The minimum absolute atomic E-state index is 0.354. The molecule has 0 saturated carbocycles. The van der Waals surface area contributed by atoms with Crippen LogP contribution in [0.1, 0.15) is 32.0 Å². The fourth-order valence-corrected chi connectivity index (χ4v) is 1.11. The molecule has 1 N–H and O–H groups in total. The summed E-state index contributed by atoms with van der Waals surface area (Å²) in [7, 11) is 1.91. The van der Waals surface area contributed by atoms with Crippen LogP contribution >= 0.6 is 0 Å². The Morgan fingerprint density at radius 1 is 1.53 bits per heavy atom. The van der Waals surface area contributed by atoms with Crippen LogP contribution in [0.5, 0.6) is 0 Å². The zero-order valence-corrected chi connectivity index (χ0v) is 9.62. The third-order valence-corrected chi connectivity index (χ3v) is 2.07. The molecular weight excluding hydrogens is 194 g/mol. The maximum atomic E-state index is 5.30.